The van der Waals surface area contributed by atoms with Crippen molar-refractivity contribution in [3.63, 3.8) is 0 Å². The molecule has 0 aromatic heterocycles. The Balaban J connectivity index is 4.23. The van der Waals surface area contributed by atoms with Crippen LogP contribution in [0.3, 0.4) is 0 Å². The van der Waals surface area contributed by atoms with Crippen molar-refractivity contribution in [1.82, 2.24) is 10.2 Å². The molecular formula is C14H31N3O. The number of amides is 1. The maximum Gasteiger partial charge on any atom is 0.237 e. The number of nitrogens with zero attached hydrogens (tertiary/aromatic N) is 1. The van der Waals surface area contributed by atoms with Crippen molar-refractivity contribution in [3.8, 4) is 0 Å². The van der Waals surface area contributed by atoms with E-state index in [1.165, 1.54) is 6.42 Å². The summed E-state index contributed by atoms with van der Waals surface area (Å²) in [5, 5.41) is 3.29. The summed E-state index contributed by atoms with van der Waals surface area (Å²) < 4.78 is 0. The quantitative estimate of drug-likeness (QED) is 0.627. The monoisotopic (exact) mass is 257 g/mol. The minimum atomic E-state index is -0.584. The highest BCUT2D eigenvalue weighted by Gasteiger charge is 2.30. The lowest BCUT2D eigenvalue weighted by molar-refractivity contribution is -0.124. The second kappa shape index (κ2) is 8.48. The predicted molar refractivity (Wildman–Crippen MR) is 77.5 cm³/mol. The average Bonchev–Trinajstić information content (AvgIpc) is 2.26. The standard InChI is InChI=1S/C14H31N3O/c1-6-10-17(7-2)11-8-9-14(5,13(15)18)16-12(3)4/h12,16H,6-11H2,1-5H3,(H2,15,18). The Kier molecular flexibility index (Phi) is 8.20. The number of carbonyl (C=O) groups excluding carboxylic acids is 1. The molecule has 0 rings (SSSR count). The molecule has 0 spiro atoms. The molecule has 0 fully saturated rings. The number of hydrogen-bond acceptors (Lipinski definition) is 3. The first-order valence-corrected chi connectivity index (χ1v) is 7.15. The van der Waals surface area contributed by atoms with Gasteiger partial charge in [-0.3, -0.25) is 4.79 Å². The van der Waals surface area contributed by atoms with Crippen molar-refractivity contribution in [2.75, 3.05) is 19.6 Å². The third kappa shape index (κ3) is 6.36. The molecule has 0 aromatic carbocycles. The van der Waals surface area contributed by atoms with Crippen LogP contribution in [0, 0.1) is 0 Å². The molecule has 1 atom stereocenters. The molecule has 4 heteroatoms. The van der Waals surface area contributed by atoms with Gasteiger partial charge in [-0.1, -0.05) is 13.8 Å². The Morgan fingerprint density at radius 2 is 1.94 bits per heavy atom. The molecule has 0 saturated carbocycles. The van der Waals surface area contributed by atoms with Gasteiger partial charge < -0.3 is 16.0 Å². The summed E-state index contributed by atoms with van der Waals surface area (Å²) in [5.74, 6) is -0.255. The van der Waals surface area contributed by atoms with Crippen LogP contribution in [0.1, 0.15) is 53.9 Å². The van der Waals surface area contributed by atoms with Gasteiger partial charge in [0.1, 0.15) is 0 Å². The smallest absolute Gasteiger partial charge is 0.237 e. The molecule has 1 unspecified atom stereocenters. The van der Waals surface area contributed by atoms with Gasteiger partial charge in [0.05, 0.1) is 5.54 Å². The minimum absolute atomic E-state index is 0.255. The number of primary amides is 1. The summed E-state index contributed by atoms with van der Waals surface area (Å²) in [4.78, 5) is 14.0. The van der Waals surface area contributed by atoms with Gasteiger partial charge in [-0.2, -0.15) is 0 Å². The molecule has 0 bridgehead atoms. The van der Waals surface area contributed by atoms with Crippen LogP contribution in [-0.4, -0.2) is 42.0 Å². The van der Waals surface area contributed by atoms with Crippen LogP contribution in [0.2, 0.25) is 0 Å². The second-order valence-electron chi connectivity index (χ2n) is 5.53. The SMILES string of the molecule is CCCN(CC)CCCC(C)(NC(C)C)C(N)=O. The van der Waals surface area contributed by atoms with Crippen LogP contribution in [-0.2, 0) is 4.79 Å². The van der Waals surface area contributed by atoms with Crippen LogP contribution < -0.4 is 11.1 Å². The number of rotatable bonds is 10. The molecule has 1 amide bonds. The van der Waals surface area contributed by atoms with E-state index in [0.29, 0.717) is 0 Å². The molecule has 108 valence electrons. The molecule has 0 saturated heterocycles. The lowest BCUT2D eigenvalue weighted by atomic mass is 9.93. The first-order chi connectivity index (χ1) is 8.35. The van der Waals surface area contributed by atoms with Crippen LogP contribution in [0.5, 0.6) is 0 Å². The van der Waals surface area contributed by atoms with E-state index in [9.17, 15) is 4.79 Å². The fourth-order valence-electron chi connectivity index (χ4n) is 2.30. The lowest BCUT2D eigenvalue weighted by Gasteiger charge is -2.31. The van der Waals surface area contributed by atoms with Gasteiger partial charge in [-0.15, -0.1) is 0 Å². The highest BCUT2D eigenvalue weighted by Crippen LogP contribution is 2.13. The Labute approximate surface area is 112 Å². The summed E-state index contributed by atoms with van der Waals surface area (Å²) >= 11 is 0. The third-order valence-corrected chi connectivity index (χ3v) is 3.29. The fourth-order valence-corrected chi connectivity index (χ4v) is 2.30. The van der Waals surface area contributed by atoms with Gasteiger partial charge >= 0.3 is 0 Å². The van der Waals surface area contributed by atoms with E-state index in [2.05, 4.69) is 24.1 Å². The van der Waals surface area contributed by atoms with Gasteiger partial charge in [-0.25, -0.2) is 0 Å². The molecule has 0 aromatic rings. The number of nitrogens with one attached hydrogen (secondary N) is 1. The van der Waals surface area contributed by atoms with Crippen LogP contribution in [0.4, 0.5) is 0 Å². The molecule has 0 aliphatic heterocycles. The summed E-state index contributed by atoms with van der Waals surface area (Å²) in [6.45, 7) is 13.6. The maximum atomic E-state index is 11.6. The predicted octanol–water partition coefficient (Wildman–Crippen LogP) is 1.74. The molecule has 0 heterocycles. The second-order valence-corrected chi connectivity index (χ2v) is 5.53. The van der Waals surface area contributed by atoms with Crippen molar-refractivity contribution in [2.24, 2.45) is 5.73 Å². The molecule has 0 radical (unpaired) electrons. The number of nitrogens with two attached hydrogens (primary N) is 1. The van der Waals surface area contributed by atoms with E-state index >= 15 is 0 Å². The zero-order valence-corrected chi connectivity index (χ0v) is 12.8. The first kappa shape index (κ1) is 17.4. The van der Waals surface area contributed by atoms with Gasteiger partial charge in [-0.05, 0) is 59.7 Å². The van der Waals surface area contributed by atoms with Crippen LogP contribution in [0.15, 0.2) is 0 Å². The van der Waals surface area contributed by atoms with Gasteiger partial charge in [0.15, 0.2) is 0 Å². The topological polar surface area (TPSA) is 58.4 Å². The van der Waals surface area contributed by atoms with Gasteiger partial charge in [0.25, 0.3) is 0 Å². The van der Waals surface area contributed by atoms with Crippen molar-refractivity contribution in [2.45, 2.75) is 65.5 Å². The molecular weight excluding hydrogens is 226 g/mol. The van der Waals surface area contributed by atoms with E-state index in [-0.39, 0.29) is 11.9 Å². The number of hydrogen-bond donors (Lipinski definition) is 2. The maximum absolute atomic E-state index is 11.6. The summed E-state index contributed by atoms with van der Waals surface area (Å²) in [6.07, 6.45) is 2.96. The minimum Gasteiger partial charge on any atom is -0.368 e. The largest absolute Gasteiger partial charge is 0.368 e. The Bertz CT molecular complexity index is 243. The van der Waals surface area contributed by atoms with Crippen molar-refractivity contribution in [1.29, 1.82) is 0 Å². The first-order valence-electron chi connectivity index (χ1n) is 7.15. The fraction of sp³-hybridized carbons (Fsp3) is 0.929. The highest BCUT2D eigenvalue weighted by molar-refractivity contribution is 5.84. The van der Waals surface area contributed by atoms with E-state index in [1.807, 2.05) is 20.8 Å². The van der Waals surface area contributed by atoms with Gasteiger partial charge in [0, 0.05) is 6.04 Å². The van der Waals surface area contributed by atoms with Gasteiger partial charge in [0.2, 0.25) is 5.91 Å². The highest BCUT2D eigenvalue weighted by atomic mass is 16.1. The Morgan fingerprint density at radius 3 is 2.33 bits per heavy atom. The van der Waals surface area contributed by atoms with Crippen molar-refractivity contribution < 1.29 is 4.79 Å². The Hall–Kier alpha value is -0.610. The van der Waals surface area contributed by atoms with E-state index < -0.39 is 5.54 Å². The van der Waals surface area contributed by atoms with E-state index in [0.717, 1.165) is 32.5 Å². The van der Waals surface area contributed by atoms with E-state index in [1.54, 1.807) is 0 Å². The third-order valence-electron chi connectivity index (χ3n) is 3.29. The normalized spacial score (nSPS) is 15.1. The van der Waals surface area contributed by atoms with Crippen LogP contribution in [0.25, 0.3) is 0 Å². The van der Waals surface area contributed by atoms with Crippen molar-refractivity contribution in [3.05, 3.63) is 0 Å². The molecule has 4 nitrogen and oxygen atoms in total. The molecule has 0 aliphatic rings. The lowest BCUT2D eigenvalue weighted by Crippen LogP contribution is -2.55. The van der Waals surface area contributed by atoms with E-state index in [4.69, 9.17) is 5.73 Å². The van der Waals surface area contributed by atoms with Crippen LogP contribution >= 0.6 is 0 Å². The Morgan fingerprint density at radius 1 is 1.33 bits per heavy atom. The summed E-state index contributed by atoms with van der Waals surface area (Å²) in [7, 11) is 0. The average molecular weight is 257 g/mol. The zero-order valence-electron chi connectivity index (χ0n) is 12.8. The molecule has 18 heavy (non-hydrogen) atoms. The summed E-state index contributed by atoms with van der Waals surface area (Å²) in [5.41, 5.74) is 4.93. The molecule has 0 aliphatic carbocycles. The summed E-state index contributed by atoms with van der Waals surface area (Å²) in [6, 6.07) is 0.264. The molecule has 3 N–H and O–H groups in total. The zero-order chi connectivity index (χ0) is 14.2. The van der Waals surface area contributed by atoms with Crippen molar-refractivity contribution >= 4 is 5.91 Å². The number of carbonyl (C=O) groups is 1.